The fraction of sp³-hybridized carbons (Fsp3) is 0.889. The van der Waals surface area contributed by atoms with E-state index in [9.17, 15) is 5.11 Å². The Bertz CT molecular complexity index is 396. The highest BCUT2D eigenvalue weighted by atomic mass is 16.7. The molecule has 1 aliphatic carbocycles. The molecule has 2 atom stereocenters. The number of nitrogens with zero attached hydrogens (tertiary/aromatic N) is 1. The van der Waals surface area contributed by atoms with Gasteiger partial charge in [-0.05, 0) is 30.6 Å². The zero-order valence-electron chi connectivity index (χ0n) is 15.0. The summed E-state index contributed by atoms with van der Waals surface area (Å²) >= 11 is 0. The molecule has 1 aliphatic heterocycles. The third kappa shape index (κ3) is 4.61. The average molecular weight is 327 g/mol. The number of rotatable bonds is 5. The van der Waals surface area contributed by atoms with Crippen LogP contribution in [0.3, 0.4) is 0 Å². The number of hydrogen-bond donors (Lipinski definition) is 2. The minimum Gasteiger partial charge on any atom is -0.514 e. The maximum atomic E-state index is 10.0. The van der Waals surface area contributed by atoms with Crippen molar-refractivity contribution in [1.29, 1.82) is 0 Å². The molecule has 0 radical (unpaired) electrons. The maximum Gasteiger partial charge on any atom is 0.169 e. The first-order valence-corrected chi connectivity index (χ1v) is 8.86. The summed E-state index contributed by atoms with van der Waals surface area (Å²) in [5.74, 6) is 0.285. The van der Waals surface area contributed by atoms with Gasteiger partial charge in [-0.3, -0.25) is 0 Å². The second kappa shape index (κ2) is 7.41. The van der Waals surface area contributed by atoms with E-state index in [-0.39, 0.29) is 6.10 Å². The number of ether oxygens (including phenoxy) is 2. The summed E-state index contributed by atoms with van der Waals surface area (Å²) in [5, 5.41) is 19.0. The molecule has 1 saturated carbocycles. The summed E-state index contributed by atoms with van der Waals surface area (Å²) in [6, 6.07) is 0. The minimum absolute atomic E-state index is 0.0708. The number of aliphatic hydroxyl groups excluding tert-OH is 2. The van der Waals surface area contributed by atoms with Crippen LogP contribution in [-0.2, 0) is 9.47 Å². The summed E-state index contributed by atoms with van der Waals surface area (Å²) in [6.45, 7) is 9.90. The summed E-state index contributed by atoms with van der Waals surface area (Å²) < 4.78 is 12.3. The number of aliphatic hydroxyl groups is 2. The van der Waals surface area contributed by atoms with Crippen LogP contribution in [0.2, 0.25) is 0 Å². The largest absolute Gasteiger partial charge is 0.514 e. The molecule has 0 amide bonds. The zero-order valence-corrected chi connectivity index (χ0v) is 15.0. The van der Waals surface area contributed by atoms with E-state index in [0.29, 0.717) is 25.0 Å². The molecule has 5 heteroatoms. The van der Waals surface area contributed by atoms with Gasteiger partial charge in [0.25, 0.3) is 0 Å². The lowest BCUT2D eigenvalue weighted by atomic mass is 9.71. The van der Waals surface area contributed by atoms with Gasteiger partial charge in [-0.25, -0.2) is 0 Å². The van der Waals surface area contributed by atoms with Gasteiger partial charge in [-0.15, -0.1) is 0 Å². The highest BCUT2D eigenvalue weighted by molar-refractivity contribution is 4.90. The predicted octanol–water partition coefficient (Wildman–Crippen LogP) is 3.39. The molecule has 2 aliphatic rings. The molecule has 0 bridgehead atoms. The predicted molar refractivity (Wildman–Crippen MR) is 89.7 cm³/mol. The van der Waals surface area contributed by atoms with E-state index in [0.717, 1.165) is 37.9 Å². The number of hydrogen-bond acceptors (Lipinski definition) is 5. The Morgan fingerprint density at radius 3 is 2.48 bits per heavy atom. The van der Waals surface area contributed by atoms with Gasteiger partial charge in [0.1, 0.15) is 12.3 Å². The van der Waals surface area contributed by atoms with E-state index >= 15 is 0 Å². The van der Waals surface area contributed by atoms with Crippen molar-refractivity contribution in [2.45, 2.75) is 77.9 Å². The molecule has 1 heterocycles. The summed E-state index contributed by atoms with van der Waals surface area (Å²) in [7, 11) is 0. The SMILES string of the molecule is CCC(O)N(/C=C/O)CC1COC2(CCC(C(C)(C)C)CC2)O1. The Hall–Kier alpha value is -0.780. The molecular weight excluding hydrogens is 294 g/mol. The zero-order chi connectivity index (χ0) is 17.1. The van der Waals surface area contributed by atoms with E-state index in [4.69, 9.17) is 14.6 Å². The Morgan fingerprint density at radius 2 is 1.96 bits per heavy atom. The van der Waals surface area contributed by atoms with Crippen LogP contribution in [-0.4, -0.2) is 46.4 Å². The maximum absolute atomic E-state index is 10.0. The van der Waals surface area contributed by atoms with Gasteiger partial charge in [0.2, 0.25) is 0 Å². The van der Waals surface area contributed by atoms with Gasteiger partial charge in [0.15, 0.2) is 5.79 Å². The molecule has 5 nitrogen and oxygen atoms in total. The van der Waals surface area contributed by atoms with Crippen LogP contribution in [0.4, 0.5) is 0 Å². The van der Waals surface area contributed by atoms with E-state index in [1.165, 1.54) is 6.20 Å². The van der Waals surface area contributed by atoms with Crippen molar-refractivity contribution in [3.63, 3.8) is 0 Å². The van der Waals surface area contributed by atoms with Crippen LogP contribution in [0.5, 0.6) is 0 Å². The second-order valence-electron chi connectivity index (χ2n) is 7.99. The molecule has 2 unspecified atom stereocenters. The molecule has 134 valence electrons. The van der Waals surface area contributed by atoms with Gasteiger partial charge >= 0.3 is 0 Å². The van der Waals surface area contributed by atoms with E-state index in [1.807, 2.05) is 6.92 Å². The van der Waals surface area contributed by atoms with Crippen LogP contribution >= 0.6 is 0 Å². The summed E-state index contributed by atoms with van der Waals surface area (Å²) in [4.78, 5) is 1.70. The Morgan fingerprint density at radius 1 is 1.30 bits per heavy atom. The van der Waals surface area contributed by atoms with Gasteiger partial charge in [0, 0.05) is 25.6 Å². The molecule has 2 N–H and O–H groups in total. The lowest BCUT2D eigenvalue weighted by Crippen LogP contribution is -2.41. The molecule has 1 spiro atoms. The first kappa shape index (κ1) is 18.6. The van der Waals surface area contributed by atoms with Crippen molar-refractivity contribution in [1.82, 2.24) is 4.90 Å². The van der Waals surface area contributed by atoms with Gasteiger partial charge < -0.3 is 24.6 Å². The van der Waals surface area contributed by atoms with Crippen molar-refractivity contribution in [3.8, 4) is 0 Å². The second-order valence-corrected chi connectivity index (χ2v) is 7.99. The molecule has 0 aromatic carbocycles. The minimum atomic E-state index is -0.616. The lowest BCUT2D eigenvalue weighted by molar-refractivity contribution is -0.198. The van der Waals surface area contributed by atoms with Crippen molar-refractivity contribution < 1.29 is 19.7 Å². The third-order valence-electron chi connectivity index (χ3n) is 5.31. The normalized spacial score (nSPS) is 33.4. The first-order chi connectivity index (χ1) is 10.8. The topological polar surface area (TPSA) is 62.2 Å². The van der Waals surface area contributed by atoms with Crippen LogP contribution in [0.25, 0.3) is 0 Å². The average Bonchev–Trinajstić information content (AvgIpc) is 2.88. The van der Waals surface area contributed by atoms with E-state index in [1.54, 1.807) is 4.90 Å². The lowest BCUT2D eigenvalue weighted by Gasteiger charge is -2.41. The van der Waals surface area contributed by atoms with Crippen molar-refractivity contribution in [2.75, 3.05) is 13.2 Å². The molecule has 23 heavy (non-hydrogen) atoms. The van der Waals surface area contributed by atoms with Gasteiger partial charge in [-0.2, -0.15) is 0 Å². The fourth-order valence-electron chi connectivity index (χ4n) is 3.73. The molecule has 0 aromatic rings. The van der Waals surface area contributed by atoms with Crippen molar-refractivity contribution in [3.05, 3.63) is 12.5 Å². The third-order valence-corrected chi connectivity index (χ3v) is 5.31. The highest BCUT2D eigenvalue weighted by Gasteiger charge is 2.46. The Labute approximate surface area is 140 Å². The smallest absolute Gasteiger partial charge is 0.169 e. The van der Waals surface area contributed by atoms with Crippen LogP contribution in [0, 0.1) is 11.3 Å². The first-order valence-electron chi connectivity index (χ1n) is 8.86. The van der Waals surface area contributed by atoms with Crippen LogP contribution in [0.15, 0.2) is 12.5 Å². The Kier molecular flexibility index (Phi) is 5.98. The van der Waals surface area contributed by atoms with Crippen LogP contribution in [0.1, 0.15) is 59.8 Å². The molecule has 2 fully saturated rings. The molecule has 1 saturated heterocycles. The van der Waals surface area contributed by atoms with Gasteiger partial charge in [0.05, 0.1) is 12.9 Å². The molecular formula is C18H33NO4. The quantitative estimate of drug-likeness (QED) is 0.598. The fourth-order valence-corrected chi connectivity index (χ4v) is 3.73. The van der Waals surface area contributed by atoms with Crippen molar-refractivity contribution >= 4 is 0 Å². The van der Waals surface area contributed by atoms with E-state index in [2.05, 4.69) is 20.8 Å². The highest BCUT2D eigenvalue weighted by Crippen LogP contribution is 2.45. The van der Waals surface area contributed by atoms with Crippen molar-refractivity contribution in [2.24, 2.45) is 11.3 Å². The van der Waals surface area contributed by atoms with E-state index < -0.39 is 12.0 Å². The summed E-state index contributed by atoms with van der Waals surface area (Å²) in [6.07, 6.45) is 6.51. The monoisotopic (exact) mass is 327 g/mol. The molecule has 0 aromatic heterocycles. The Balaban J connectivity index is 1.89. The van der Waals surface area contributed by atoms with Crippen LogP contribution < -0.4 is 0 Å². The standard InChI is InChI=1S/C18H33NO4/c1-5-16(21)19(10-11-20)12-15-13-22-18(23-15)8-6-14(7-9-18)17(2,3)4/h10-11,14-16,20-21H,5-9,12-13H2,1-4H3/b11-10+. The molecule has 2 rings (SSSR count). The summed E-state index contributed by atoms with van der Waals surface area (Å²) in [5.41, 5.74) is 0.341. The van der Waals surface area contributed by atoms with Gasteiger partial charge in [-0.1, -0.05) is 27.7 Å².